The third-order valence-electron chi connectivity index (χ3n) is 6.82. The van der Waals surface area contributed by atoms with Crippen molar-refractivity contribution in [2.75, 3.05) is 33.9 Å². The number of hydrogen-bond acceptors (Lipinski definition) is 8. The summed E-state index contributed by atoms with van der Waals surface area (Å²) in [6, 6.07) is 4.84. The van der Waals surface area contributed by atoms with Crippen molar-refractivity contribution in [3.05, 3.63) is 45.1 Å². The molecule has 0 spiro atoms. The summed E-state index contributed by atoms with van der Waals surface area (Å²) in [5.41, 5.74) is 0.948. The van der Waals surface area contributed by atoms with E-state index in [0.717, 1.165) is 12.1 Å². The third kappa shape index (κ3) is 6.04. The van der Waals surface area contributed by atoms with Gasteiger partial charge in [-0.1, -0.05) is 0 Å². The Hall–Kier alpha value is -3.33. The number of hydrogen-bond donors (Lipinski definition) is 0. The van der Waals surface area contributed by atoms with Gasteiger partial charge in [0.25, 0.3) is 11.7 Å². The molecule has 0 N–H and O–H groups in total. The average Bonchev–Trinajstić information content (AvgIpc) is 3.40. The molecule has 3 heterocycles. The van der Waals surface area contributed by atoms with E-state index in [9.17, 15) is 40.7 Å². The van der Waals surface area contributed by atoms with Crippen molar-refractivity contribution in [3.8, 4) is 11.5 Å². The number of carbonyl (C=O) groups excluding carboxylic acids is 3. The van der Waals surface area contributed by atoms with Gasteiger partial charge in [-0.2, -0.15) is 26.3 Å². The number of carbonyl (C=O) groups is 3. The number of nitrogens with zero attached hydrogens (tertiary/aromatic N) is 2. The molecule has 1 atom stereocenters. The van der Waals surface area contributed by atoms with Crippen LogP contribution in [0.5, 0.6) is 11.5 Å². The zero-order chi connectivity index (χ0) is 29.4. The van der Waals surface area contributed by atoms with Crippen molar-refractivity contribution in [3.63, 3.8) is 0 Å². The highest BCUT2D eigenvalue weighted by Crippen LogP contribution is 2.41. The molecule has 1 amide bonds. The number of likely N-dealkylation sites (tertiary alicyclic amines) is 1. The van der Waals surface area contributed by atoms with E-state index < -0.39 is 41.1 Å². The molecule has 15 heteroatoms. The van der Waals surface area contributed by atoms with Crippen LogP contribution in [-0.4, -0.2) is 79.7 Å². The summed E-state index contributed by atoms with van der Waals surface area (Å²) in [6.45, 7) is 0.559. The smallest absolute Gasteiger partial charge is 0.490 e. The number of amides is 1. The molecule has 1 unspecified atom stereocenters. The lowest BCUT2D eigenvalue weighted by molar-refractivity contribution is -0.217. The van der Waals surface area contributed by atoms with Crippen LogP contribution in [0.15, 0.2) is 24.3 Å². The molecule has 0 bridgehead atoms. The van der Waals surface area contributed by atoms with Gasteiger partial charge in [0.05, 0.1) is 24.0 Å². The SMILES string of the molecule is COc1cc2c(cc1OC)C(OC(=O)C(F)(F)F)N(C1CCN(C(=O)c3ccc(C(=O)C(F)(F)F)s3)CC1)CC2. The molecule has 1 fully saturated rings. The van der Waals surface area contributed by atoms with Gasteiger partial charge in [-0.25, -0.2) is 4.79 Å². The Morgan fingerprint density at radius 2 is 1.48 bits per heavy atom. The summed E-state index contributed by atoms with van der Waals surface area (Å²) >= 11 is 0.449. The summed E-state index contributed by atoms with van der Waals surface area (Å²) in [5.74, 6) is -4.31. The monoisotopic (exact) mass is 594 g/mol. The normalized spacial score (nSPS) is 18.7. The molecule has 4 rings (SSSR count). The molecular formula is C25H24F6N2O6S. The Morgan fingerprint density at radius 3 is 2.05 bits per heavy atom. The summed E-state index contributed by atoms with van der Waals surface area (Å²) in [5, 5.41) is 0. The van der Waals surface area contributed by atoms with Gasteiger partial charge in [0.15, 0.2) is 17.7 Å². The molecule has 0 aliphatic carbocycles. The van der Waals surface area contributed by atoms with Crippen LogP contribution in [0.3, 0.4) is 0 Å². The Morgan fingerprint density at radius 1 is 0.875 bits per heavy atom. The lowest BCUT2D eigenvalue weighted by Gasteiger charge is -2.44. The number of esters is 1. The highest BCUT2D eigenvalue weighted by Gasteiger charge is 2.46. The Bertz CT molecular complexity index is 1290. The second-order valence-corrected chi connectivity index (χ2v) is 10.2. The van der Waals surface area contributed by atoms with Crippen LogP contribution in [0, 0.1) is 0 Å². The second-order valence-electron chi connectivity index (χ2n) is 9.16. The molecule has 2 aliphatic rings. The predicted octanol–water partition coefficient (Wildman–Crippen LogP) is 4.78. The van der Waals surface area contributed by atoms with E-state index in [1.54, 1.807) is 11.0 Å². The standard InChI is InChI=1S/C25H24F6N2O6S/c1-37-16-11-13-5-10-33(22(15(13)12-17(16)38-2)39-23(36)25(29,30)31)14-6-8-32(9-7-14)21(35)19-4-3-18(40-19)20(34)24(26,27)28/h3-4,11-12,14,22H,5-10H2,1-2H3. The van der Waals surface area contributed by atoms with Crippen LogP contribution >= 0.6 is 11.3 Å². The van der Waals surface area contributed by atoms with Crippen LogP contribution in [0.4, 0.5) is 26.3 Å². The molecule has 2 aromatic rings. The van der Waals surface area contributed by atoms with Crippen LogP contribution in [0.25, 0.3) is 0 Å². The van der Waals surface area contributed by atoms with Crippen molar-refractivity contribution in [2.24, 2.45) is 0 Å². The van der Waals surface area contributed by atoms with Gasteiger partial charge in [-0.05, 0) is 49.1 Å². The summed E-state index contributed by atoms with van der Waals surface area (Å²) < 4.78 is 93.2. The van der Waals surface area contributed by atoms with Crippen molar-refractivity contribution in [1.82, 2.24) is 9.80 Å². The fraction of sp³-hybridized carbons (Fsp3) is 0.480. The van der Waals surface area contributed by atoms with Gasteiger partial charge < -0.3 is 19.1 Å². The van der Waals surface area contributed by atoms with Gasteiger partial charge in [0, 0.05) is 31.2 Å². The number of alkyl halides is 6. The van der Waals surface area contributed by atoms with E-state index in [4.69, 9.17) is 14.2 Å². The zero-order valence-corrected chi connectivity index (χ0v) is 22.0. The highest BCUT2D eigenvalue weighted by molar-refractivity contribution is 7.16. The maximum Gasteiger partial charge on any atom is 0.490 e. The van der Waals surface area contributed by atoms with Gasteiger partial charge in [-0.15, -0.1) is 11.3 Å². The van der Waals surface area contributed by atoms with Crippen LogP contribution < -0.4 is 9.47 Å². The first-order valence-corrected chi connectivity index (χ1v) is 12.8. The Balaban J connectivity index is 1.52. The number of thiophene rings is 1. The summed E-state index contributed by atoms with van der Waals surface area (Å²) in [4.78, 5) is 38.7. The van der Waals surface area contributed by atoms with Gasteiger partial charge in [0.1, 0.15) is 0 Å². The van der Waals surface area contributed by atoms with E-state index >= 15 is 0 Å². The molecule has 40 heavy (non-hydrogen) atoms. The first-order valence-electron chi connectivity index (χ1n) is 12.0. The van der Waals surface area contributed by atoms with Gasteiger partial charge in [-0.3, -0.25) is 14.5 Å². The lowest BCUT2D eigenvalue weighted by Crippen LogP contribution is -2.51. The minimum absolute atomic E-state index is 0.0315. The van der Waals surface area contributed by atoms with Crippen LogP contribution in [-0.2, 0) is 16.0 Å². The van der Waals surface area contributed by atoms with Crippen molar-refractivity contribution < 1.29 is 54.9 Å². The van der Waals surface area contributed by atoms with E-state index in [0.29, 0.717) is 47.5 Å². The number of ether oxygens (including phenoxy) is 3. The fourth-order valence-corrected chi connectivity index (χ4v) is 5.81. The van der Waals surface area contributed by atoms with Crippen LogP contribution in [0.2, 0.25) is 0 Å². The maximum atomic E-state index is 13.2. The molecule has 2 aliphatic heterocycles. The zero-order valence-electron chi connectivity index (χ0n) is 21.2. The van der Waals surface area contributed by atoms with Gasteiger partial charge in [0.2, 0.25) is 0 Å². The topological polar surface area (TPSA) is 85.4 Å². The number of rotatable bonds is 6. The highest BCUT2D eigenvalue weighted by atomic mass is 32.1. The minimum Gasteiger partial charge on any atom is -0.493 e. The summed E-state index contributed by atoms with van der Waals surface area (Å²) in [6.07, 6.45) is -10.6. The Kier molecular flexibility index (Phi) is 8.36. The maximum absolute atomic E-state index is 13.2. The van der Waals surface area contributed by atoms with E-state index in [1.165, 1.54) is 25.2 Å². The predicted molar refractivity (Wildman–Crippen MR) is 128 cm³/mol. The van der Waals surface area contributed by atoms with Crippen molar-refractivity contribution in [2.45, 2.75) is 43.9 Å². The quantitative estimate of drug-likeness (QED) is 0.271. The van der Waals surface area contributed by atoms with Crippen molar-refractivity contribution in [1.29, 1.82) is 0 Å². The first-order chi connectivity index (χ1) is 18.7. The Labute approximate surface area is 228 Å². The molecule has 1 aromatic carbocycles. The number of methoxy groups -OCH3 is 2. The number of benzene rings is 1. The third-order valence-corrected chi connectivity index (χ3v) is 7.89. The number of halogens is 6. The molecule has 8 nitrogen and oxygen atoms in total. The molecule has 0 radical (unpaired) electrons. The first kappa shape index (κ1) is 29.6. The molecular weight excluding hydrogens is 570 g/mol. The van der Waals surface area contributed by atoms with Crippen LogP contribution in [0.1, 0.15) is 49.5 Å². The fourth-order valence-electron chi connectivity index (χ4n) is 4.87. The van der Waals surface area contributed by atoms with Gasteiger partial charge >= 0.3 is 18.3 Å². The number of piperidine rings is 1. The van der Waals surface area contributed by atoms with E-state index in [1.807, 2.05) is 0 Å². The minimum atomic E-state index is -5.22. The lowest BCUT2D eigenvalue weighted by atomic mass is 9.93. The van der Waals surface area contributed by atoms with E-state index in [-0.39, 0.29) is 36.3 Å². The molecule has 1 saturated heterocycles. The summed E-state index contributed by atoms with van der Waals surface area (Å²) in [7, 11) is 2.78. The second kappa shape index (κ2) is 11.3. The average molecular weight is 595 g/mol. The number of ketones is 1. The molecule has 218 valence electrons. The molecule has 0 saturated carbocycles. The number of Topliss-reactive ketones (excluding diaryl/α,β-unsaturated/α-hetero) is 1. The largest absolute Gasteiger partial charge is 0.493 e. The van der Waals surface area contributed by atoms with Crippen molar-refractivity contribution >= 4 is 29.0 Å². The molecule has 1 aromatic heterocycles. The number of fused-ring (bicyclic) bond motifs is 1. The van der Waals surface area contributed by atoms with E-state index in [2.05, 4.69) is 0 Å².